The number of phenols is 1. The number of aromatic hydroxyl groups is 1. The van der Waals surface area contributed by atoms with Crippen LogP contribution in [0.1, 0.15) is 25.8 Å². The highest BCUT2D eigenvalue weighted by atomic mass is 19.4. The normalized spacial score (nSPS) is 13.7. The summed E-state index contributed by atoms with van der Waals surface area (Å²) in [6, 6.07) is 23.6. The maximum Gasteiger partial charge on any atom is 0.490 e. The van der Waals surface area contributed by atoms with Crippen molar-refractivity contribution in [2.45, 2.75) is 39.0 Å². The molecule has 0 radical (unpaired) electrons. The summed E-state index contributed by atoms with van der Waals surface area (Å²) >= 11 is 0. The minimum atomic E-state index is -5.08. The molecule has 216 valence electrons. The number of ether oxygens (including phenoxy) is 1. The molecule has 1 aliphatic heterocycles. The highest BCUT2D eigenvalue weighted by Gasteiger charge is 2.38. The summed E-state index contributed by atoms with van der Waals surface area (Å²) in [5.74, 6) is -0.976. The van der Waals surface area contributed by atoms with Crippen molar-refractivity contribution in [1.82, 2.24) is 10.1 Å². The molecule has 0 spiro atoms. The van der Waals surface area contributed by atoms with Crippen LogP contribution in [-0.2, 0) is 11.2 Å². The largest absolute Gasteiger partial charge is 0.508 e. The minimum Gasteiger partial charge on any atom is -0.508 e. The number of benzene rings is 3. The molecule has 41 heavy (non-hydrogen) atoms. The average Bonchev–Trinajstić information content (AvgIpc) is 3.37. The van der Waals surface area contributed by atoms with Crippen molar-refractivity contribution in [2.75, 3.05) is 19.6 Å². The van der Waals surface area contributed by atoms with Crippen molar-refractivity contribution in [3.8, 4) is 45.2 Å². The zero-order chi connectivity index (χ0) is 29.6. The summed E-state index contributed by atoms with van der Waals surface area (Å²) < 4.78 is 43.8. The molecule has 4 aromatic rings. The predicted molar refractivity (Wildman–Crippen MR) is 149 cm³/mol. The van der Waals surface area contributed by atoms with Crippen LogP contribution in [0, 0.1) is 0 Å². The summed E-state index contributed by atoms with van der Waals surface area (Å²) in [6.07, 6.45) is -2.75. The number of carbonyl (C=O) groups is 1. The van der Waals surface area contributed by atoms with E-state index in [9.17, 15) is 18.3 Å². The Bertz CT molecular complexity index is 1440. The summed E-state index contributed by atoms with van der Waals surface area (Å²) in [7, 11) is 0. The zero-order valence-corrected chi connectivity index (χ0v) is 22.7. The second-order valence-electron chi connectivity index (χ2n) is 9.62. The summed E-state index contributed by atoms with van der Waals surface area (Å²) in [5.41, 5.74) is 5.93. The van der Waals surface area contributed by atoms with Crippen LogP contribution < -0.4 is 4.74 Å². The van der Waals surface area contributed by atoms with Crippen molar-refractivity contribution in [1.29, 1.82) is 0 Å². The molecule has 2 N–H and O–H groups in total. The molecule has 1 fully saturated rings. The van der Waals surface area contributed by atoms with Gasteiger partial charge >= 0.3 is 12.1 Å². The number of nitrogens with zero attached hydrogens (tertiary/aromatic N) is 2. The Morgan fingerprint density at radius 3 is 2.20 bits per heavy atom. The average molecular weight is 569 g/mol. The number of halogens is 3. The number of hydrogen-bond acceptors (Lipinski definition) is 6. The molecule has 0 saturated carbocycles. The van der Waals surface area contributed by atoms with Gasteiger partial charge in [-0.05, 0) is 66.9 Å². The number of likely N-dealkylation sites (tertiary alicyclic amines) is 1. The minimum absolute atomic E-state index is 0.219. The molecular weight excluding hydrogens is 537 g/mol. The molecule has 1 saturated heterocycles. The van der Waals surface area contributed by atoms with E-state index in [-0.39, 0.29) is 11.9 Å². The fourth-order valence-electron chi connectivity index (χ4n) is 4.60. The van der Waals surface area contributed by atoms with Crippen LogP contribution in [-0.4, -0.2) is 58.2 Å². The van der Waals surface area contributed by atoms with Gasteiger partial charge < -0.3 is 19.5 Å². The van der Waals surface area contributed by atoms with Gasteiger partial charge in [-0.3, -0.25) is 4.90 Å². The third kappa shape index (κ3) is 7.26. The number of aromatic nitrogens is 1. The maximum absolute atomic E-state index is 10.6. The number of rotatable bonds is 8. The number of aryl methyl sites for hydroxylation is 1. The number of carboxylic acid groups (broad SMARTS) is 1. The monoisotopic (exact) mass is 568 g/mol. The van der Waals surface area contributed by atoms with Gasteiger partial charge in [0.15, 0.2) is 5.76 Å². The number of phenolic OH excluding ortho intramolecular Hbond substituents is 1. The Morgan fingerprint density at radius 1 is 1.00 bits per heavy atom. The predicted octanol–water partition coefficient (Wildman–Crippen LogP) is 7.05. The van der Waals surface area contributed by atoms with E-state index < -0.39 is 12.1 Å². The number of carboxylic acids is 1. The highest BCUT2D eigenvalue weighted by Crippen LogP contribution is 2.41. The van der Waals surface area contributed by atoms with Gasteiger partial charge in [-0.25, -0.2) is 4.79 Å². The van der Waals surface area contributed by atoms with Crippen molar-refractivity contribution in [3.05, 3.63) is 78.4 Å². The van der Waals surface area contributed by atoms with E-state index in [2.05, 4.69) is 54.2 Å². The fourth-order valence-corrected chi connectivity index (χ4v) is 4.60. The number of aliphatic carboxylic acids is 1. The molecule has 0 aliphatic carbocycles. The van der Waals surface area contributed by atoms with E-state index in [4.69, 9.17) is 19.2 Å². The van der Waals surface area contributed by atoms with Gasteiger partial charge in [-0.2, -0.15) is 13.2 Å². The lowest BCUT2D eigenvalue weighted by atomic mass is 9.93. The van der Waals surface area contributed by atoms with Crippen molar-refractivity contribution in [2.24, 2.45) is 0 Å². The zero-order valence-electron chi connectivity index (χ0n) is 22.7. The highest BCUT2D eigenvalue weighted by molar-refractivity contribution is 5.91. The molecule has 1 aromatic heterocycles. The summed E-state index contributed by atoms with van der Waals surface area (Å²) in [6.45, 7) is 7.47. The maximum atomic E-state index is 10.6. The van der Waals surface area contributed by atoms with Crippen molar-refractivity contribution < 1.29 is 37.4 Å². The number of hydrogen-bond donors (Lipinski definition) is 2. The van der Waals surface area contributed by atoms with Gasteiger partial charge in [-0.1, -0.05) is 55.4 Å². The molecular formula is C31H31F3N2O5. The first-order valence-electron chi connectivity index (χ1n) is 13.3. The second kappa shape index (κ2) is 12.9. The van der Waals surface area contributed by atoms with E-state index in [1.54, 1.807) is 12.1 Å². The first kappa shape index (κ1) is 29.7. The summed E-state index contributed by atoms with van der Waals surface area (Å²) in [4.78, 5) is 11.3. The molecule has 0 amide bonds. The second-order valence-corrected chi connectivity index (χ2v) is 9.62. The van der Waals surface area contributed by atoms with Crippen molar-refractivity contribution >= 4 is 5.97 Å². The van der Waals surface area contributed by atoms with Gasteiger partial charge in [0.1, 0.15) is 23.3 Å². The smallest absolute Gasteiger partial charge is 0.490 e. The molecule has 3 aromatic carbocycles. The van der Waals surface area contributed by atoms with Gasteiger partial charge in [0.05, 0.1) is 5.56 Å². The molecule has 1 aliphatic rings. The third-order valence-electron chi connectivity index (χ3n) is 6.63. The van der Waals surface area contributed by atoms with Gasteiger partial charge in [0.2, 0.25) is 0 Å². The van der Waals surface area contributed by atoms with E-state index in [0.29, 0.717) is 5.76 Å². The number of alkyl halides is 3. The van der Waals surface area contributed by atoms with Crippen LogP contribution in [0.25, 0.3) is 33.7 Å². The van der Waals surface area contributed by atoms with E-state index >= 15 is 0 Å². The molecule has 0 bridgehead atoms. The lowest BCUT2D eigenvalue weighted by Gasteiger charge is -2.38. The van der Waals surface area contributed by atoms with E-state index in [1.165, 1.54) is 12.0 Å². The van der Waals surface area contributed by atoms with Crippen LogP contribution in [0.3, 0.4) is 0 Å². The Hall–Kier alpha value is -4.31. The van der Waals surface area contributed by atoms with Gasteiger partial charge in [0.25, 0.3) is 0 Å². The Morgan fingerprint density at radius 2 is 1.61 bits per heavy atom. The molecule has 2 heterocycles. The van der Waals surface area contributed by atoms with Crippen LogP contribution >= 0.6 is 0 Å². The van der Waals surface area contributed by atoms with Crippen molar-refractivity contribution in [3.63, 3.8) is 0 Å². The van der Waals surface area contributed by atoms with Crippen LogP contribution in [0.5, 0.6) is 11.5 Å². The molecule has 5 rings (SSSR count). The lowest BCUT2D eigenvalue weighted by Crippen LogP contribution is -2.53. The van der Waals surface area contributed by atoms with Crippen LogP contribution in [0.2, 0.25) is 0 Å². The molecule has 10 heteroatoms. The Kier molecular flexibility index (Phi) is 9.34. The van der Waals surface area contributed by atoms with Crippen LogP contribution in [0.4, 0.5) is 13.2 Å². The standard InChI is InChI=1S/C29H30N2O3.C2HF3O2/c1-3-17-31-18-25(19-31)33-24-15-11-21(12-16-24)27-28(26-8-6-5-7-20(26)4-2)30-34-29(27)22-9-13-23(32)14-10-22;3-2(4,5)1(6)7/h5-16,25,32H,3-4,17-19H2,1-2H3;(H,6,7). The topological polar surface area (TPSA) is 96.0 Å². The first-order valence-corrected chi connectivity index (χ1v) is 13.3. The molecule has 7 nitrogen and oxygen atoms in total. The molecule has 0 atom stereocenters. The molecule has 0 unspecified atom stereocenters. The lowest BCUT2D eigenvalue weighted by molar-refractivity contribution is -0.192. The van der Waals surface area contributed by atoms with E-state index in [0.717, 1.165) is 59.8 Å². The summed E-state index contributed by atoms with van der Waals surface area (Å²) in [5, 5.41) is 21.4. The van der Waals surface area contributed by atoms with Gasteiger partial charge in [-0.15, -0.1) is 0 Å². The first-order chi connectivity index (χ1) is 19.6. The van der Waals surface area contributed by atoms with Crippen LogP contribution in [0.15, 0.2) is 77.3 Å². The van der Waals surface area contributed by atoms with Gasteiger partial charge in [0, 0.05) is 24.2 Å². The SMILES string of the molecule is CCCN1CC(Oc2ccc(-c3c(-c4ccccc4CC)noc3-c3ccc(O)cc3)cc2)C1.O=C(O)C(F)(F)F. The Labute approximate surface area is 235 Å². The third-order valence-corrected chi connectivity index (χ3v) is 6.63. The fraction of sp³-hybridized carbons (Fsp3) is 0.290. The quantitative estimate of drug-likeness (QED) is 0.235. The van der Waals surface area contributed by atoms with E-state index in [1.807, 2.05) is 30.3 Å². The Balaban J connectivity index is 0.000000493.